The zero-order chi connectivity index (χ0) is 9.56. The van der Waals surface area contributed by atoms with E-state index in [4.69, 9.17) is 5.11 Å². The normalized spacial score (nSPS) is 15.2. The third-order valence-corrected chi connectivity index (χ3v) is 1.80. The Balaban J connectivity index is 3.94. The summed E-state index contributed by atoms with van der Waals surface area (Å²) in [6.45, 7) is 9.16. The van der Waals surface area contributed by atoms with Gasteiger partial charge in [-0.15, -0.1) is 13.2 Å². The minimum absolute atomic E-state index is 0.00185. The average molecular weight is 170 g/mol. The molecule has 0 aromatic heterocycles. The SMILES string of the molecule is C=CCC(O)C(CO)CC(=C)C. The minimum Gasteiger partial charge on any atom is -0.396 e. The standard InChI is InChI=1S/C10H18O2/c1-4-5-10(12)9(7-11)6-8(2)3/h4,9-12H,1-2,5-7H2,3H3. The van der Waals surface area contributed by atoms with Crippen LogP contribution in [0.4, 0.5) is 0 Å². The molecule has 70 valence electrons. The van der Waals surface area contributed by atoms with Crippen molar-refractivity contribution in [2.75, 3.05) is 6.61 Å². The summed E-state index contributed by atoms with van der Waals surface area (Å²) in [4.78, 5) is 0. The lowest BCUT2D eigenvalue weighted by molar-refractivity contribution is 0.0696. The van der Waals surface area contributed by atoms with Gasteiger partial charge in [0.05, 0.1) is 6.10 Å². The van der Waals surface area contributed by atoms with Gasteiger partial charge < -0.3 is 10.2 Å². The van der Waals surface area contributed by atoms with E-state index in [-0.39, 0.29) is 12.5 Å². The number of aliphatic hydroxyl groups excluding tert-OH is 2. The summed E-state index contributed by atoms with van der Waals surface area (Å²) in [6, 6.07) is 0. The van der Waals surface area contributed by atoms with E-state index in [0.717, 1.165) is 5.57 Å². The highest BCUT2D eigenvalue weighted by molar-refractivity contribution is 4.93. The van der Waals surface area contributed by atoms with Crippen LogP contribution in [0.15, 0.2) is 24.8 Å². The molecule has 2 N–H and O–H groups in total. The fraction of sp³-hybridized carbons (Fsp3) is 0.600. The van der Waals surface area contributed by atoms with Crippen LogP contribution in [0, 0.1) is 5.92 Å². The number of hydrogen-bond donors (Lipinski definition) is 2. The highest BCUT2D eigenvalue weighted by Gasteiger charge is 2.16. The minimum atomic E-state index is -0.496. The van der Waals surface area contributed by atoms with Gasteiger partial charge in [-0.1, -0.05) is 11.6 Å². The van der Waals surface area contributed by atoms with Crippen LogP contribution in [0.5, 0.6) is 0 Å². The molecule has 0 bridgehead atoms. The molecule has 0 rings (SSSR count). The van der Waals surface area contributed by atoms with Crippen molar-refractivity contribution in [1.29, 1.82) is 0 Å². The second-order valence-corrected chi connectivity index (χ2v) is 3.20. The molecule has 0 aliphatic rings. The first-order valence-electron chi connectivity index (χ1n) is 4.16. The third kappa shape index (κ3) is 4.31. The summed E-state index contributed by atoms with van der Waals surface area (Å²) in [5, 5.41) is 18.4. The van der Waals surface area contributed by atoms with Gasteiger partial charge in [0.2, 0.25) is 0 Å². The predicted molar refractivity (Wildman–Crippen MR) is 50.8 cm³/mol. The Morgan fingerprint density at radius 2 is 2.17 bits per heavy atom. The quantitative estimate of drug-likeness (QED) is 0.593. The van der Waals surface area contributed by atoms with Crippen molar-refractivity contribution < 1.29 is 10.2 Å². The van der Waals surface area contributed by atoms with E-state index >= 15 is 0 Å². The number of hydrogen-bond acceptors (Lipinski definition) is 2. The largest absolute Gasteiger partial charge is 0.396 e. The summed E-state index contributed by atoms with van der Waals surface area (Å²) >= 11 is 0. The van der Waals surface area contributed by atoms with E-state index in [1.807, 2.05) is 6.92 Å². The lowest BCUT2D eigenvalue weighted by Gasteiger charge is -2.19. The van der Waals surface area contributed by atoms with Crippen LogP contribution in [-0.2, 0) is 0 Å². The average Bonchev–Trinajstić information content (AvgIpc) is 2.00. The van der Waals surface area contributed by atoms with Crippen LogP contribution in [-0.4, -0.2) is 22.9 Å². The topological polar surface area (TPSA) is 40.5 Å². The van der Waals surface area contributed by atoms with Crippen LogP contribution in [0.3, 0.4) is 0 Å². The van der Waals surface area contributed by atoms with Crippen molar-refractivity contribution in [2.24, 2.45) is 5.92 Å². The van der Waals surface area contributed by atoms with Crippen molar-refractivity contribution in [2.45, 2.75) is 25.9 Å². The smallest absolute Gasteiger partial charge is 0.0627 e. The number of aliphatic hydroxyl groups is 2. The fourth-order valence-electron chi connectivity index (χ4n) is 1.13. The van der Waals surface area contributed by atoms with E-state index < -0.39 is 6.10 Å². The first kappa shape index (κ1) is 11.4. The van der Waals surface area contributed by atoms with Gasteiger partial charge in [0, 0.05) is 12.5 Å². The maximum Gasteiger partial charge on any atom is 0.0627 e. The van der Waals surface area contributed by atoms with Gasteiger partial charge in [-0.05, 0) is 19.8 Å². The van der Waals surface area contributed by atoms with Gasteiger partial charge in [0.25, 0.3) is 0 Å². The van der Waals surface area contributed by atoms with Gasteiger partial charge in [0.15, 0.2) is 0 Å². The second-order valence-electron chi connectivity index (χ2n) is 3.20. The van der Waals surface area contributed by atoms with Crippen molar-refractivity contribution >= 4 is 0 Å². The third-order valence-electron chi connectivity index (χ3n) is 1.80. The summed E-state index contributed by atoms with van der Waals surface area (Å²) in [5.74, 6) is -0.0968. The Kier molecular flexibility index (Phi) is 5.68. The molecule has 0 saturated carbocycles. The highest BCUT2D eigenvalue weighted by atomic mass is 16.3. The number of rotatable bonds is 6. The molecule has 0 aliphatic heterocycles. The number of allylic oxidation sites excluding steroid dienone is 1. The summed E-state index contributed by atoms with van der Waals surface area (Å²) < 4.78 is 0. The second kappa shape index (κ2) is 5.98. The molecule has 2 nitrogen and oxygen atoms in total. The van der Waals surface area contributed by atoms with E-state index in [1.54, 1.807) is 6.08 Å². The molecule has 12 heavy (non-hydrogen) atoms. The van der Waals surface area contributed by atoms with Crippen LogP contribution < -0.4 is 0 Å². The van der Waals surface area contributed by atoms with Crippen molar-refractivity contribution in [3.05, 3.63) is 24.8 Å². The molecule has 0 aromatic carbocycles. The summed E-state index contributed by atoms with van der Waals surface area (Å²) in [7, 11) is 0. The zero-order valence-corrected chi connectivity index (χ0v) is 7.66. The Labute approximate surface area is 74.2 Å². The van der Waals surface area contributed by atoms with E-state index in [0.29, 0.717) is 12.8 Å². The molecule has 0 aliphatic carbocycles. The summed E-state index contributed by atoms with van der Waals surface area (Å²) in [5.41, 5.74) is 0.983. The fourth-order valence-corrected chi connectivity index (χ4v) is 1.13. The first-order chi connectivity index (χ1) is 5.61. The van der Waals surface area contributed by atoms with E-state index in [9.17, 15) is 5.11 Å². The molecule has 0 fully saturated rings. The van der Waals surface area contributed by atoms with Crippen molar-refractivity contribution in [1.82, 2.24) is 0 Å². The predicted octanol–water partition coefficient (Wildman–Crippen LogP) is 1.50. The Bertz CT molecular complexity index is 152. The first-order valence-corrected chi connectivity index (χ1v) is 4.16. The highest BCUT2D eigenvalue weighted by Crippen LogP contribution is 2.16. The maximum absolute atomic E-state index is 9.49. The molecule has 0 saturated heterocycles. The molecule has 0 aromatic rings. The van der Waals surface area contributed by atoms with Gasteiger partial charge in [-0.3, -0.25) is 0 Å². The Morgan fingerprint density at radius 1 is 1.58 bits per heavy atom. The lowest BCUT2D eigenvalue weighted by atomic mass is 9.94. The zero-order valence-electron chi connectivity index (χ0n) is 7.66. The molecule has 2 heteroatoms. The molecule has 0 spiro atoms. The Hall–Kier alpha value is -0.600. The van der Waals surface area contributed by atoms with Crippen LogP contribution in [0.25, 0.3) is 0 Å². The molecule has 0 amide bonds. The van der Waals surface area contributed by atoms with Crippen LogP contribution in [0.1, 0.15) is 19.8 Å². The maximum atomic E-state index is 9.49. The Morgan fingerprint density at radius 3 is 2.50 bits per heavy atom. The molecule has 2 unspecified atom stereocenters. The summed E-state index contributed by atoms with van der Waals surface area (Å²) in [6.07, 6.45) is 2.36. The molecule has 0 radical (unpaired) electrons. The van der Waals surface area contributed by atoms with Crippen LogP contribution >= 0.6 is 0 Å². The molecular weight excluding hydrogens is 152 g/mol. The van der Waals surface area contributed by atoms with Crippen molar-refractivity contribution in [3.8, 4) is 0 Å². The van der Waals surface area contributed by atoms with Gasteiger partial charge in [-0.2, -0.15) is 0 Å². The van der Waals surface area contributed by atoms with Crippen molar-refractivity contribution in [3.63, 3.8) is 0 Å². The van der Waals surface area contributed by atoms with Gasteiger partial charge >= 0.3 is 0 Å². The van der Waals surface area contributed by atoms with Gasteiger partial charge in [0.1, 0.15) is 0 Å². The lowest BCUT2D eigenvalue weighted by Crippen LogP contribution is -2.23. The van der Waals surface area contributed by atoms with Crippen LogP contribution in [0.2, 0.25) is 0 Å². The molecule has 2 atom stereocenters. The molecular formula is C10H18O2. The monoisotopic (exact) mass is 170 g/mol. The van der Waals surface area contributed by atoms with E-state index in [1.165, 1.54) is 0 Å². The van der Waals surface area contributed by atoms with E-state index in [2.05, 4.69) is 13.2 Å². The van der Waals surface area contributed by atoms with Gasteiger partial charge in [-0.25, -0.2) is 0 Å². The molecule has 0 heterocycles.